The first-order valence-electron chi connectivity index (χ1n) is 8.13. The monoisotopic (exact) mass is 326 g/mol. The van der Waals surface area contributed by atoms with Crippen LogP contribution in [-0.4, -0.2) is 29.2 Å². The van der Waals surface area contributed by atoms with E-state index in [2.05, 4.69) is 10.3 Å². The lowest BCUT2D eigenvalue weighted by Crippen LogP contribution is -2.41. The Kier molecular flexibility index (Phi) is 4.81. The summed E-state index contributed by atoms with van der Waals surface area (Å²) in [6.45, 7) is 1.91. The van der Waals surface area contributed by atoms with Gasteiger partial charge in [-0.2, -0.15) is 0 Å². The molecule has 2 aromatic rings. The van der Waals surface area contributed by atoms with Crippen molar-refractivity contribution < 1.29 is 14.6 Å². The Hall–Kier alpha value is -2.40. The molecule has 1 saturated carbocycles. The molecule has 0 aliphatic heterocycles. The number of methoxy groups -OCH3 is 1. The van der Waals surface area contributed by atoms with E-state index in [0.29, 0.717) is 18.4 Å². The van der Waals surface area contributed by atoms with Gasteiger partial charge in [-0.05, 0) is 61.6 Å². The van der Waals surface area contributed by atoms with Gasteiger partial charge in [0.2, 0.25) is 0 Å². The fourth-order valence-electron chi connectivity index (χ4n) is 3.14. The summed E-state index contributed by atoms with van der Waals surface area (Å²) in [7, 11) is 1.61. The number of hydrogen-bond acceptors (Lipinski definition) is 4. The van der Waals surface area contributed by atoms with E-state index in [1.165, 1.54) is 0 Å². The van der Waals surface area contributed by atoms with Gasteiger partial charge in [-0.15, -0.1) is 0 Å². The molecule has 1 amide bonds. The molecule has 1 aromatic heterocycles. The van der Waals surface area contributed by atoms with E-state index in [0.717, 1.165) is 17.0 Å². The van der Waals surface area contributed by atoms with Crippen molar-refractivity contribution in [2.75, 3.05) is 7.11 Å². The van der Waals surface area contributed by atoms with E-state index in [1.54, 1.807) is 25.4 Å². The number of amides is 1. The molecule has 0 saturated heterocycles. The van der Waals surface area contributed by atoms with Gasteiger partial charge in [0.15, 0.2) is 0 Å². The average molecular weight is 326 g/mol. The van der Waals surface area contributed by atoms with Crippen molar-refractivity contribution in [3.63, 3.8) is 0 Å². The molecule has 1 aliphatic rings. The fraction of sp³-hybridized carbons (Fsp3) is 0.368. The molecule has 126 valence electrons. The molecule has 0 radical (unpaired) electrons. The number of carbonyl (C=O) groups is 1. The zero-order valence-corrected chi connectivity index (χ0v) is 13.9. The second-order valence-corrected chi connectivity index (χ2v) is 6.28. The van der Waals surface area contributed by atoms with E-state index in [9.17, 15) is 9.90 Å². The summed E-state index contributed by atoms with van der Waals surface area (Å²) in [5, 5.41) is 12.7. The van der Waals surface area contributed by atoms with Crippen molar-refractivity contribution in [2.24, 2.45) is 5.92 Å². The number of pyridine rings is 1. The number of aliphatic hydroxyl groups excluding tert-OH is 1. The Balaban J connectivity index is 1.79. The molecule has 0 bridgehead atoms. The van der Waals surface area contributed by atoms with E-state index in [1.807, 2.05) is 31.2 Å². The van der Waals surface area contributed by atoms with Gasteiger partial charge in [0, 0.05) is 11.8 Å². The molecule has 1 aromatic carbocycles. The third-order valence-corrected chi connectivity index (χ3v) is 4.57. The Morgan fingerprint density at radius 1 is 1.33 bits per heavy atom. The van der Waals surface area contributed by atoms with Crippen molar-refractivity contribution in [2.45, 2.75) is 31.9 Å². The number of hydrogen-bond donors (Lipinski definition) is 2. The molecule has 1 heterocycles. The molecular weight excluding hydrogens is 304 g/mol. The lowest BCUT2D eigenvalue weighted by Gasteiger charge is -2.37. The van der Waals surface area contributed by atoms with Crippen molar-refractivity contribution in [1.82, 2.24) is 10.3 Å². The number of benzene rings is 1. The third-order valence-electron chi connectivity index (χ3n) is 4.57. The molecule has 24 heavy (non-hydrogen) atoms. The quantitative estimate of drug-likeness (QED) is 0.886. The average Bonchev–Trinajstić information content (AvgIpc) is 2.57. The Morgan fingerprint density at radius 3 is 2.71 bits per heavy atom. The minimum absolute atomic E-state index is 0.141. The van der Waals surface area contributed by atoms with Crippen LogP contribution in [0.2, 0.25) is 0 Å². The second kappa shape index (κ2) is 7.01. The topological polar surface area (TPSA) is 71.5 Å². The predicted octanol–water partition coefficient (Wildman–Crippen LogP) is 2.64. The second-order valence-electron chi connectivity index (χ2n) is 6.28. The van der Waals surface area contributed by atoms with Gasteiger partial charge in [0.1, 0.15) is 5.75 Å². The highest BCUT2D eigenvalue weighted by molar-refractivity contribution is 5.94. The van der Waals surface area contributed by atoms with Gasteiger partial charge in [-0.25, -0.2) is 0 Å². The number of aromatic nitrogens is 1. The molecule has 0 spiro atoms. The van der Waals surface area contributed by atoms with Crippen LogP contribution in [-0.2, 0) is 0 Å². The highest BCUT2D eigenvalue weighted by Crippen LogP contribution is 2.37. The molecule has 1 fully saturated rings. The zero-order valence-electron chi connectivity index (χ0n) is 13.9. The van der Waals surface area contributed by atoms with Crippen LogP contribution in [0.3, 0.4) is 0 Å². The summed E-state index contributed by atoms with van der Waals surface area (Å²) in [5.74, 6) is 0.825. The maximum absolute atomic E-state index is 12.7. The van der Waals surface area contributed by atoms with E-state index >= 15 is 0 Å². The minimum Gasteiger partial charge on any atom is -0.496 e. The summed E-state index contributed by atoms with van der Waals surface area (Å²) in [6, 6.07) is 10.9. The Labute approximate surface area is 141 Å². The standard InChI is InChI=1S/C19H22N2O3/c1-12-9-13(6-7-17(12)24-2)19(23)21-18(14-10-15(22)11-14)16-5-3-4-8-20-16/h3-9,14-15,18,22H,10-11H2,1-2H3,(H,21,23)/t14?,15?,18-/m1/s1. The van der Waals surface area contributed by atoms with Gasteiger partial charge < -0.3 is 15.2 Å². The van der Waals surface area contributed by atoms with Crippen LogP contribution in [0.5, 0.6) is 5.75 Å². The highest BCUT2D eigenvalue weighted by Gasteiger charge is 2.36. The largest absolute Gasteiger partial charge is 0.496 e. The van der Waals surface area contributed by atoms with E-state index < -0.39 is 0 Å². The fourth-order valence-corrected chi connectivity index (χ4v) is 3.14. The molecule has 5 nitrogen and oxygen atoms in total. The molecule has 2 N–H and O–H groups in total. The van der Waals surface area contributed by atoms with Crippen LogP contribution < -0.4 is 10.1 Å². The van der Waals surface area contributed by atoms with Gasteiger partial charge >= 0.3 is 0 Å². The number of aryl methyl sites for hydroxylation is 1. The third kappa shape index (κ3) is 3.41. The number of carbonyl (C=O) groups excluding carboxylic acids is 1. The van der Waals surface area contributed by atoms with Crippen LogP contribution in [0.4, 0.5) is 0 Å². The molecular formula is C19H22N2O3. The Bertz CT molecular complexity index is 712. The summed E-state index contributed by atoms with van der Waals surface area (Å²) in [4.78, 5) is 17.0. The first kappa shape index (κ1) is 16.5. The number of nitrogens with zero attached hydrogens (tertiary/aromatic N) is 1. The maximum atomic E-state index is 12.7. The van der Waals surface area contributed by atoms with Crippen molar-refractivity contribution >= 4 is 5.91 Å². The molecule has 5 heteroatoms. The summed E-state index contributed by atoms with van der Waals surface area (Å²) < 4.78 is 5.24. The highest BCUT2D eigenvalue weighted by atomic mass is 16.5. The van der Waals surface area contributed by atoms with E-state index in [4.69, 9.17) is 4.74 Å². The number of aliphatic hydroxyl groups is 1. The molecule has 1 aliphatic carbocycles. The molecule has 3 rings (SSSR count). The maximum Gasteiger partial charge on any atom is 0.251 e. The van der Waals surface area contributed by atoms with Gasteiger partial charge in [0.05, 0.1) is 24.9 Å². The number of nitrogens with one attached hydrogen (secondary N) is 1. The first-order chi connectivity index (χ1) is 11.6. The number of rotatable bonds is 5. The first-order valence-corrected chi connectivity index (χ1v) is 8.13. The lowest BCUT2D eigenvalue weighted by atomic mass is 9.76. The van der Waals surface area contributed by atoms with E-state index in [-0.39, 0.29) is 24.0 Å². The number of ether oxygens (including phenoxy) is 1. The summed E-state index contributed by atoms with van der Waals surface area (Å²) in [6.07, 6.45) is 2.81. The van der Waals surface area contributed by atoms with Crippen LogP contribution >= 0.6 is 0 Å². The van der Waals surface area contributed by atoms with Crippen LogP contribution in [0, 0.1) is 12.8 Å². The van der Waals surface area contributed by atoms with Gasteiger partial charge in [-0.3, -0.25) is 9.78 Å². The van der Waals surface area contributed by atoms with Gasteiger partial charge in [-0.1, -0.05) is 6.07 Å². The predicted molar refractivity (Wildman–Crippen MR) is 90.9 cm³/mol. The smallest absolute Gasteiger partial charge is 0.251 e. The van der Waals surface area contributed by atoms with Crippen molar-refractivity contribution in [1.29, 1.82) is 0 Å². The van der Waals surface area contributed by atoms with Crippen LogP contribution in [0.15, 0.2) is 42.6 Å². The SMILES string of the molecule is COc1ccc(C(=O)N[C@@H](c2ccccn2)C2CC(O)C2)cc1C. The minimum atomic E-state index is -0.277. The van der Waals surface area contributed by atoms with Crippen molar-refractivity contribution in [3.8, 4) is 5.75 Å². The normalized spacial score (nSPS) is 20.8. The zero-order chi connectivity index (χ0) is 17.1. The van der Waals surface area contributed by atoms with Crippen LogP contribution in [0.1, 0.15) is 40.5 Å². The van der Waals surface area contributed by atoms with Crippen molar-refractivity contribution in [3.05, 3.63) is 59.4 Å². The molecule has 1 atom stereocenters. The molecule has 0 unspecified atom stereocenters. The van der Waals surface area contributed by atoms with Crippen LogP contribution in [0.25, 0.3) is 0 Å². The summed E-state index contributed by atoms with van der Waals surface area (Å²) >= 11 is 0. The van der Waals surface area contributed by atoms with Gasteiger partial charge in [0.25, 0.3) is 5.91 Å². The Morgan fingerprint density at radius 2 is 2.12 bits per heavy atom. The summed E-state index contributed by atoms with van der Waals surface area (Å²) in [5.41, 5.74) is 2.33. The lowest BCUT2D eigenvalue weighted by molar-refractivity contribution is 0.0228.